The van der Waals surface area contributed by atoms with E-state index in [4.69, 9.17) is 10.2 Å². The third kappa shape index (κ3) is 4.26. The summed E-state index contributed by atoms with van der Waals surface area (Å²) in [5.41, 5.74) is -0.789. The second kappa shape index (κ2) is 6.34. The average molecular weight is 268 g/mol. The summed E-state index contributed by atoms with van der Waals surface area (Å²) in [6.07, 6.45) is 1.82. The zero-order chi connectivity index (χ0) is 14.4. The monoisotopic (exact) mass is 268 g/mol. The Hall–Kier alpha value is -2.64. The number of hydrogen-bond donors (Lipinski definition) is 4. The summed E-state index contributed by atoms with van der Waals surface area (Å²) in [5, 5.41) is 19.4. The summed E-state index contributed by atoms with van der Waals surface area (Å²) in [4.78, 5) is 46.8. The largest absolute Gasteiger partial charge is 0.481 e. The summed E-state index contributed by atoms with van der Waals surface area (Å²) >= 11 is 0. The molecule has 4 N–H and O–H groups in total. The fourth-order valence-electron chi connectivity index (χ4n) is 1.35. The Labute approximate surface area is 107 Å². The van der Waals surface area contributed by atoms with Gasteiger partial charge in [-0.05, 0) is 6.42 Å². The van der Waals surface area contributed by atoms with E-state index in [0.717, 1.165) is 12.3 Å². The van der Waals surface area contributed by atoms with Crippen LogP contribution < -0.4 is 10.7 Å². The van der Waals surface area contributed by atoms with Crippen molar-refractivity contribution in [2.45, 2.75) is 18.9 Å². The third-order valence-corrected chi connectivity index (χ3v) is 2.32. The van der Waals surface area contributed by atoms with Gasteiger partial charge in [0.05, 0.1) is 0 Å². The van der Waals surface area contributed by atoms with E-state index in [1.807, 2.05) is 0 Å². The van der Waals surface area contributed by atoms with Crippen molar-refractivity contribution in [3.8, 4) is 0 Å². The molecule has 0 saturated carbocycles. The number of hydrogen-bond acceptors (Lipinski definition) is 4. The van der Waals surface area contributed by atoms with Gasteiger partial charge in [-0.25, -0.2) is 4.79 Å². The standard InChI is InChI=1S/C11H12N2O6/c14-8-3-4-12-5-6(8)10(17)13-7(11(18)19)1-2-9(15)16/h3-5,7H,1-2H2,(H,12,14)(H,13,17)(H,15,16)(H,18,19). The highest BCUT2D eigenvalue weighted by atomic mass is 16.4. The van der Waals surface area contributed by atoms with Crippen molar-refractivity contribution in [3.63, 3.8) is 0 Å². The van der Waals surface area contributed by atoms with E-state index >= 15 is 0 Å². The lowest BCUT2D eigenvalue weighted by molar-refractivity contribution is -0.140. The molecule has 0 bridgehead atoms. The highest BCUT2D eigenvalue weighted by Gasteiger charge is 2.22. The van der Waals surface area contributed by atoms with E-state index in [2.05, 4.69) is 10.3 Å². The van der Waals surface area contributed by atoms with Gasteiger partial charge in [-0.3, -0.25) is 14.4 Å². The molecule has 0 aliphatic heterocycles. The molecule has 1 rings (SSSR count). The fraction of sp³-hybridized carbons (Fsp3) is 0.273. The van der Waals surface area contributed by atoms with Gasteiger partial charge in [0.1, 0.15) is 11.6 Å². The van der Waals surface area contributed by atoms with Gasteiger partial charge in [0.25, 0.3) is 5.91 Å². The number of carboxylic acids is 2. The van der Waals surface area contributed by atoms with E-state index in [9.17, 15) is 19.2 Å². The number of amides is 1. The first-order chi connectivity index (χ1) is 8.91. The molecule has 1 aromatic rings. The summed E-state index contributed by atoms with van der Waals surface area (Å²) in [6, 6.07) is -0.231. The van der Waals surface area contributed by atoms with Gasteiger partial charge in [0.2, 0.25) is 0 Å². The van der Waals surface area contributed by atoms with Crippen molar-refractivity contribution >= 4 is 17.8 Å². The second-order valence-electron chi connectivity index (χ2n) is 3.72. The Morgan fingerprint density at radius 1 is 1.32 bits per heavy atom. The zero-order valence-corrected chi connectivity index (χ0v) is 9.75. The zero-order valence-electron chi connectivity index (χ0n) is 9.75. The summed E-state index contributed by atoms with van der Waals surface area (Å²) in [7, 11) is 0. The molecule has 1 amide bonds. The van der Waals surface area contributed by atoms with E-state index in [1.165, 1.54) is 6.20 Å². The van der Waals surface area contributed by atoms with Crippen LogP contribution in [-0.2, 0) is 9.59 Å². The number of carbonyl (C=O) groups excluding carboxylic acids is 1. The van der Waals surface area contributed by atoms with Crippen LogP contribution in [0.15, 0.2) is 23.3 Å². The number of carbonyl (C=O) groups is 3. The highest BCUT2D eigenvalue weighted by Crippen LogP contribution is 2.00. The van der Waals surface area contributed by atoms with E-state index in [1.54, 1.807) is 0 Å². The first-order valence-corrected chi connectivity index (χ1v) is 5.34. The molecule has 1 unspecified atom stereocenters. The molecule has 8 nitrogen and oxygen atoms in total. The molecule has 1 heterocycles. The number of carboxylic acid groups (broad SMARTS) is 2. The molecule has 1 aromatic heterocycles. The number of rotatable bonds is 6. The molecular weight excluding hydrogens is 256 g/mol. The molecule has 0 saturated heterocycles. The van der Waals surface area contributed by atoms with E-state index in [-0.39, 0.29) is 12.0 Å². The molecule has 0 aliphatic carbocycles. The molecule has 0 spiro atoms. The maximum atomic E-state index is 11.7. The van der Waals surface area contributed by atoms with Crippen LogP contribution in [0.5, 0.6) is 0 Å². The molecule has 0 aromatic carbocycles. The summed E-state index contributed by atoms with van der Waals surface area (Å²) in [6.45, 7) is 0. The van der Waals surface area contributed by atoms with Crippen LogP contribution in [0.4, 0.5) is 0 Å². The van der Waals surface area contributed by atoms with Crippen molar-refractivity contribution in [1.29, 1.82) is 0 Å². The minimum absolute atomic E-state index is 0.232. The predicted molar refractivity (Wildman–Crippen MR) is 62.8 cm³/mol. The quantitative estimate of drug-likeness (QED) is 0.545. The van der Waals surface area contributed by atoms with Crippen molar-refractivity contribution in [1.82, 2.24) is 10.3 Å². The lowest BCUT2D eigenvalue weighted by Crippen LogP contribution is -2.42. The van der Waals surface area contributed by atoms with Crippen molar-refractivity contribution in [3.05, 3.63) is 34.2 Å². The highest BCUT2D eigenvalue weighted by molar-refractivity contribution is 5.96. The molecular formula is C11H12N2O6. The Morgan fingerprint density at radius 3 is 2.53 bits per heavy atom. The molecule has 0 radical (unpaired) electrons. The van der Waals surface area contributed by atoms with E-state index in [0.29, 0.717) is 0 Å². The number of aromatic nitrogens is 1. The smallest absolute Gasteiger partial charge is 0.326 e. The van der Waals surface area contributed by atoms with Gasteiger partial charge in [-0.1, -0.05) is 0 Å². The van der Waals surface area contributed by atoms with Gasteiger partial charge < -0.3 is 20.5 Å². The Kier molecular flexibility index (Phi) is 4.81. The Balaban J connectivity index is 2.77. The van der Waals surface area contributed by atoms with Gasteiger partial charge in [-0.2, -0.15) is 0 Å². The molecule has 1 atom stereocenters. The van der Waals surface area contributed by atoms with Crippen molar-refractivity contribution < 1.29 is 24.6 Å². The van der Waals surface area contributed by atoms with Gasteiger partial charge in [0.15, 0.2) is 5.43 Å². The predicted octanol–water partition coefficient (Wildman–Crippen LogP) is -0.577. The number of nitrogens with one attached hydrogen (secondary N) is 2. The van der Waals surface area contributed by atoms with Crippen LogP contribution in [0.2, 0.25) is 0 Å². The molecule has 0 fully saturated rings. The molecule has 8 heteroatoms. The Morgan fingerprint density at radius 2 is 2.00 bits per heavy atom. The number of aliphatic carboxylic acids is 2. The summed E-state index contributed by atoms with van der Waals surface area (Å²) < 4.78 is 0. The van der Waals surface area contributed by atoms with Crippen LogP contribution in [-0.4, -0.2) is 39.1 Å². The normalized spacial score (nSPS) is 11.6. The van der Waals surface area contributed by atoms with Crippen molar-refractivity contribution in [2.24, 2.45) is 0 Å². The maximum absolute atomic E-state index is 11.7. The van der Waals surface area contributed by atoms with Crippen molar-refractivity contribution in [2.75, 3.05) is 0 Å². The van der Waals surface area contributed by atoms with Gasteiger partial charge in [-0.15, -0.1) is 0 Å². The third-order valence-electron chi connectivity index (χ3n) is 2.32. The molecule has 102 valence electrons. The summed E-state index contributed by atoms with van der Waals surface area (Å²) in [5.74, 6) is -3.39. The number of aromatic amines is 1. The minimum Gasteiger partial charge on any atom is -0.481 e. The van der Waals surface area contributed by atoms with E-state index < -0.39 is 35.7 Å². The van der Waals surface area contributed by atoms with Crippen LogP contribution in [0.3, 0.4) is 0 Å². The van der Waals surface area contributed by atoms with Crippen LogP contribution >= 0.6 is 0 Å². The molecule has 19 heavy (non-hydrogen) atoms. The average Bonchev–Trinajstić information content (AvgIpc) is 2.34. The van der Waals surface area contributed by atoms with Gasteiger partial charge in [0, 0.05) is 24.9 Å². The van der Waals surface area contributed by atoms with Crippen LogP contribution in [0.1, 0.15) is 23.2 Å². The topological polar surface area (TPSA) is 137 Å². The molecule has 0 aliphatic rings. The first kappa shape index (κ1) is 14.4. The SMILES string of the molecule is O=C(O)CCC(NC(=O)c1c[nH]ccc1=O)C(=O)O. The first-order valence-electron chi connectivity index (χ1n) is 5.34. The lowest BCUT2D eigenvalue weighted by Gasteiger charge is -2.12. The fourth-order valence-corrected chi connectivity index (χ4v) is 1.35. The van der Waals surface area contributed by atoms with Crippen LogP contribution in [0.25, 0.3) is 0 Å². The minimum atomic E-state index is -1.36. The number of H-pyrrole nitrogens is 1. The lowest BCUT2D eigenvalue weighted by atomic mass is 10.1. The van der Waals surface area contributed by atoms with Gasteiger partial charge >= 0.3 is 11.9 Å². The number of pyridine rings is 1. The second-order valence-corrected chi connectivity index (χ2v) is 3.72. The maximum Gasteiger partial charge on any atom is 0.326 e. The Bertz CT molecular complexity index is 550. The van der Waals surface area contributed by atoms with Crippen LogP contribution in [0, 0.1) is 0 Å².